The summed E-state index contributed by atoms with van der Waals surface area (Å²) in [5, 5.41) is 3.22. The number of para-hydroxylation sites is 1. The van der Waals surface area contributed by atoms with Crippen LogP contribution in [0.5, 0.6) is 0 Å². The van der Waals surface area contributed by atoms with Gasteiger partial charge in [0.15, 0.2) is 9.84 Å². The van der Waals surface area contributed by atoms with Crippen molar-refractivity contribution in [2.24, 2.45) is 0 Å². The fourth-order valence-electron chi connectivity index (χ4n) is 2.20. The van der Waals surface area contributed by atoms with E-state index in [9.17, 15) is 8.42 Å². The van der Waals surface area contributed by atoms with Crippen molar-refractivity contribution in [3.63, 3.8) is 0 Å². The fraction of sp³-hybridized carbons (Fsp3) is 0.143. The van der Waals surface area contributed by atoms with E-state index in [4.69, 9.17) is 0 Å². The first-order valence-electron chi connectivity index (χ1n) is 5.75. The Morgan fingerprint density at radius 3 is 2.67 bits per heavy atom. The van der Waals surface area contributed by atoms with E-state index >= 15 is 0 Å². The van der Waals surface area contributed by atoms with E-state index in [1.807, 2.05) is 31.2 Å². The van der Waals surface area contributed by atoms with Crippen LogP contribution in [0.3, 0.4) is 0 Å². The standard InChI is InChI=1S/C14H13NO2S/c1-10-6-7-11-9-18(16,17)14-5-3-2-4-12(14)15-13(11)8-10/h2-8,15H,9H2,1H3. The molecular weight excluding hydrogens is 246 g/mol. The first-order chi connectivity index (χ1) is 8.56. The largest absolute Gasteiger partial charge is 0.354 e. The Balaban J connectivity index is 2.27. The minimum atomic E-state index is -3.27. The molecule has 3 rings (SSSR count). The van der Waals surface area contributed by atoms with Crippen molar-refractivity contribution in [1.82, 2.24) is 0 Å². The predicted octanol–water partition coefficient (Wildman–Crippen LogP) is 3.03. The van der Waals surface area contributed by atoms with Gasteiger partial charge in [0.25, 0.3) is 0 Å². The molecule has 0 aromatic heterocycles. The molecule has 1 aliphatic rings. The second kappa shape index (κ2) is 3.85. The van der Waals surface area contributed by atoms with Crippen LogP contribution in [0, 0.1) is 6.92 Å². The van der Waals surface area contributed by atoms with Crippen LogP contribution in [-0.4, -0.2) is 8.42 Å². The first kappa shape index (κ1) is 11.3. The summed E-state index contributed by atoms with van der Waals surface area (Å²) in [4.78, 5) is 0.374. The average Bonchev–Trinajstić information content (AvgIpc) is 2.43. The second-order valence-electron chi connectivity index (χ2n) is 4.54. The average molecular weight is 259 g/mol. The molecule has 0 fully saturated rings. The lowest BCUT2D eigenvalue weighted by Gasteiger charge is -2.08. The van der Waals surface area contributed by atoms with E-state index in [0.29, 0.717) is 10.6 Å². The van der Waals surface area contributed by atoms with Gasteiger partial charge >= 0.3 is 0 Å². The van der Waals surface area contributed by atoms with Gasteiger partial charge in [0.1, 0.15) is 0 Å². The molecule has 1 heterocycles. The lowest BCUT2D eigenvalue weighted by Crippen LogP contribution is -2.03. The number of hydrogen-bond donors (Lipinski definition) is 1. The van der Waals surface area contributed by atoms with Gasteiger partial charge in [-0.2, -0.15) is 0 Å². The van der Waals surface area contributed by atoms with Gasteiger partial charge in [-0.25, -0.2) is 8.42 Å². The van der Waals surface area contributed by atoms with Crippen LogP contribution in [-0.2, 0) is 15.6 Å². The van der Waals surface area contributed by atoms with E-state index in [0.717, 1.165) is 16.8 Å². The van der Waals surface area contributed by atoms with Crippen LogP contribution >= 0.6 is 0 Å². The van der Waals surface area contributed by atoms with Gasteiger partial charge in [0, 0.05) is 5.69 Å². The van der Waals surface area contributed by atoms with Gasteiger partial charge in [0.2, 0.25) is 0 Å². The molecule has 0 saturated carbocycles. The van der Waals surface area contributed by atoms with Crippen LogP contribution in [0.4, 0.5) is 11.4 Å². The van der Waals surface area contributed by atoms with E-state index < -0.39 is 9.84 Å². The van der Waals surface area contributed by atoms with Gasteiger partial charge in [-0.15, -0.1) is 0 Å². The smallest absolute Gasteiger partial charge is 0.184 e. The molecule has 0 bridgehead atoms. The molecule has 0 atom stereocenters. The van der Waals surface area contributed by atoms with Gasteiger partial charge in [-0.1, -0.05) is 24.3 Å². The van der Waals surface area contributed by atoms with Crippen LogP contribution < -0.4 is 5.32 Å². The van der Waals surface area contributed by atoms with Crippen molar-refractivity contribution in [1.29, 1.82) is 0 Å². The monoisotopic (exact) mass is 259 g/mol. The molecule has 2 aromatic carbocycles. The highest BCUT2D eigenvalue weighted by molar-refractivity contribution is 7.90. The van der Waals surface area contributed by atoms with Crippen molar-refractivity contribution in [3.05, 3.63) is 53.6 Å². The Hall–Kier alpha value is -1.81. The third kappa shape index (κ3) is 1.78. The third-order valence-electron chi connectivity index (χ3n) is 3.10. The summed E-state index contributed by atoms with van der Waals surface area (Å²) in [5.41, 5.74) is 3.46. The normalized spacial score (nSPS) is 16.1. The number of anilines is 2. The van der Waals surface area contributed by atoms with Crippen molar-refractivity contribution in [2.75, 3.05) is 5.32 Å². The summed E-state index contributed by atoms with van der Waals surface area (Å²) in [5.74, 6) is 0.0482. The number of benzene rings is 2. The van der Waals surface area contributed by atoms with Crippen LogP contribution in [0.15, 0.2) is 47.4 Å². The van der Waals surface area contributed by atoms with Crippen LogP contribution in [0.25, 0.3) is 0 Å². The molecular formula is C14H13NO2S. The minimum absolute atomic E-state index is 0.0482. The van der Waals surface area contributed by atoms with Crippen LogP contribution in [0.2, 0.25) is 0 Å². The minimum Gasteiger partial charge on any atom is -0.354 e. The van der Waals surface area contributed by atoms with Crippen LogP contribution in [0.1, 0.15) is 11.1 Å². The number of hydrogen-bond acceptors (Lipinski definition) is 3. The molecule has 4 heteroatoms. The van der Waals surface area contributed by atoms with E-state index in [2.05, 4.69) is 5.32 Å². The Labute approximate surface area is 106 Å². The molecule has 2 aromatic rings. The Bertz CT molecular complexity index is 720. The summed E-state index contributed by atoms with van der Waals surface area (Å²) >= 11 is 0. The zero-order valence-corrected chi connectivity index (χ0v) is 10.8. The van der Waals surface area contributed by atoms with Crippen molar-refractivity contribution in [3.8, 4) is 0 Å². The lowest BCUT2D eigenvalue weighted by atomic mass is 10.1. The third-order valence-corrected chi connectivity index (χ3v) is 4.82. The zero-order chi connectivity index (χ0) is 12.8. The predicted molar refractivity (Wildman–Crippen MR) is 71.8 cm³/mol. The number of nitrogens with one attached hydrogen (secondary N) is 1. The van der Waals surface area contributed by atoms with Crippen molar-refractivity contribution in [2.45, 2.75) is 17.6 Å². The molecule has 1 N–H and O–H groups in total. The molecule has 1 aliphatic heterocycles. The number of aryl methyl sites for hydroxylation is 1. The van der Waals surface area contributed by atoms with Gasteiger partial charge < -0.3 is 5.32 Å². The summed E-state index contributed by atoms with van der Waals surface area (Å²) in [6.07, 6.45) is 0. The fourth-order valence-corrected chi connectivity index (χ4v) is 3.76. The first-order valence-corrected chi connectivity index (χ1v) is 7.40. The van der Waals surface area contributed by atoms with E-state index in [1.165, 1.54) is 0 Å². The molecule has 0 amide bonds. The highest BCUT2D eigenvalue weighted by atomic mass is 32.2. The summed E-state index contributed by atoms with van der Waals surface area (Å²) in [7, 11) is -3.27. The van der Waals surface area contributed by atoms with Gasteiger partial charge in [-0.05, 0) is 36.2 Å². The quantitative estimate of drug-likeness (QED) is 0.791. The molecule has 92 valence electrons. The maximum atomic E-state index is 12.3. The molecule has 18 heavy (non-hydrogen) atoms. The van der Waals surface area contributed by atoms with Gasteiger partial charge in [-0.3, -0.25) is 0 Å². The number of rotatable bonds is 0. The second-order valence-corrected chi connectivity index (χ2v) is 6.50. The SMILES string of the molecule is Cc1ccc2c(c1)Nc1ccccc1S(=O)(=O)C2. The molecule has 3 nitrogen and oxygen atoms in total. The van der Waals surface area contributed by atoms with E-state index in [1.54, 1.807) is 18.2 Å². The van der Waals surface area contributed by atoms with Crippen molar-refractivity contribution >= 4 is 21.2 Å². The van der Waals surface area contributed by atoms with E-state index in [-0.39, 0.29) is 5.75 Å². The molecule has 0 radical (unpaired) electrons. The maximum absolute atomic E-state index is 12.3. The highest BCUT2D eigenvalue weighted by Crippen LogP contribution is 2.34. The zero-order valence-electron chi connectivity index (χ0n) is 9.97. The molecule has 0 aliphatic carbocycles. The van der Waals surface area contributed by atoms with Gasteiger partial charge in [0.05, 0.1) is 16.3 Å². The van der Waals surface area contributed by atoms with Crippen molar-refractivity contribution < 1.29 is 8.42 Å². The maximum Gasteiger partial charge on any atom is 0.184 e. The Kier molecular flexibility index (Phi) is 2.41. The number of fused-ring (bicyclic) bond motifs is 2. The summed E-state index contributed by atoms with van der Waals surface area (Å²) in [6.45, 7) is 1.99. The molecule has 0 spiro atoms. The topological polar surface area (TPSA) is 46.2 Å². The molecule has 0 unspecified atom stereocenters. The Morgan fingerprint density at radius 2 is 1.83 bits per heavy atom. The summed E-state index contributed by atoms with van der Waals surface area (Å²) in [6, 6.07) is 12.8. The highest BCUT2D eigenvalue weighted by Gasteiger charge is 2.24. The number of sulfone groups is 1. The summed E-state index contributed by atoms with van der Waals surface area (Å²) < 4.78 is 24.6. The Morgan fingerprint density at radius 1 is 1.06 bits per heavy atom. The molecule has 0 saturated heterocycles. The lowest BCUT2D eigenvalue weighted by molar-refractivity contribution is 0.596.